The average molecular weight is 201 g/mol. The number of benzene rings is 1. The van der Waals surface area contributed by atoms with Crippen LogP contribution >= 0.6 is 0 Å². The Hall–Kier alpha value is -2.15. The van der Waals surface area contributed by atoms with Gasteiger partial charge in [0.2, 0.25) is 0 Å². The minimum absolute atomic E-state index is 0.0105. The van der Waals surface area contributed by atoms with Crippen LogP contribution in [0.1, 0.15) is 18.1 Å². The lowest BCUT2D eigenvalue weighted by atomic mass is 10.1. The number of nitriles is 1. The maximum Gasteiger partial charge on any atom is 0.264 e. The summed E-state index contributed by atoms with van der Waals surface area (Å²) < 4.78 is 0. The molecular formula is C11H11N3O. The van der Waals surface area contributed by atoms with Gasteiger partial charge in [0, 0.05) is 6.54 Å². The highest BCUT2D eigenvalue weighted by molar-refractivity contribution is 6.36. The second-order valence-corrected chi connectivity index (χ2v) is 3.12. The highest BCUT2D eigenvalue weighted by atomic mass is 16.1. The van der Waals surface area contributed by atoms with E-state index in [1.54, 1.807) is 24.3 Å². The van der Waals surface area contributed by atoms with Gasteiger partial charge in [0.15, 0.2) is 0 Å². The quantitative estimate of drug-likeness (QED) is 0.721. The molecule has 1 aromatic carbocycles. The van der Waals surface area contributed by atoms with Crippen LogP contribution in [0.3, 0.4) is 0 Å². The standard InChI is InChI=1S/C11H11N3O/c1-8(13)11(15)14-7-10-4-2-9(6-12)3-5-10/h2-5,13H,7H2,1H3,(H,14,15). The Bertz CT molecular complexity index is 414. The van der Waals surface area contributed by atoms with Crippen LogP contribution in [0.5, 0.6) is 0 Å². The summed E-state index contributed by atoms with van der Waals surface area (Å²) in [5.74, 6) is -0.376. The van der Waals surface area contributed by atoms with E-state index >= 15 is 0 Å². The number of carbonyl (C=O) groups excluding carboxylic acids is 1. The van der Waals surface area contributed by atoms with Crippen LogP contribution in [0.25, 0.3) is 0 Å². The maximum atomic E-state index is 11.1. The molecule has 0 unspecified atom stereocenters. The van der Waals surface area contributed by atoms with Crippen molar-refractivity contribution in [1.29, 1.82) is 10.7 Å². The normalized spacial score (nSPS) is 9.07. The van der Waals surface area contributed by atoms with E-state index in [-0.39, 0.29) is 11.6 Å². The zero-order valence-electron chi connectivity index (χ0n) is 8.37. The van der Waals surface area contributed by atoms with Gasteiger partial charge in [-0.3, -0.25) is 10.2 Å². The third kappa shape index (κ3) is 3.24. The lowest BCUT2D eigenvalue weighted by Crippen LogP contribution is -2.28. The van der Waals surface area contributed by atoms with Crippen LogP contribution in [0.2, 0.25) is 0 Å². The van der Waals surface area contributed by atoms with E-state index in [1.807, 2.05) is 6.07 Å². The summed E-state index contributed by atoms with van der Waals surface area (Å²) in [5.41, 5.74) is 1.49. The van der Waals surface area contributed by atoms with Crippen LogP contribution in [0.4, 0.5) is 0 Å². The van der Waals surface area contributed by atoms with Crippen molar-refractivity contribution < 1.29 is 4.79 Å². The Morgan fingerprint density at radius 1 is 1.47 bits per heavy atom. The number of amides is 1. The van der Waals surface area contributed by atoms with Gasteiger partial charge in [-0.25, -0.2) is 0 Å². The molecule has 1 aromatic rings. The molecule has 0 aliphatic heterocycles. The maximum absolute atomic E-state index is 11.1. The minimum atomic E-state index is -0.376. The van der Waals surface area contributed by atoms with Gasteiger partial charge in [-0.05, 0) is 24.6 Å². The Balaban J connectivity index is 2.56. The van der Waals surface area contributed by atoms with Gasteiger partial charge < -0.3 is 5.32 Å². The molecule has 0 radical (unpaired) electrons. The van der Waals surface area contributed by atoms with Gasteiger partial charge in [-0.15, -0.1) is 0 Å². The lowest BCUT2D eigenvalue weighted by Gasteiger charge is -2.03. The molecule has 15 heavy (non-hydrogen) atoms. The van der Waals surface area contributed by atoms with E-state index in [4.69, 9.17) is 10.7 Å². The monoisotopic (exact) mass is 201 g/mol. The highest BCUT2D eigenvalue weighted by Crippen LogP contribution is 2.02. The first-order valence-electron chi connectivity index (χ1n) is 4.46. The fraction of sp³-hybridized carbons (Fsp3) is 0.182. The summed E-state index contributed by atoms with van der Waals surface area (Å²) in [6, 6.07) is 8.95. The molecule has 0 heterocycles. The largest absolute Gasteiger partial charge is 0.347 e. The SMILES string of the molecule is CC(=N)C(=O)NCc1ccc(C#N)cc1. The third-order valence-corrected chi connectivity index (χ3v) is 1.88. The molecule has 0 fully saturated rings. The van der Waals surface area contributed by atoms with Crippen molar-refractivity contribution in [1.82, 2.24) is 5.32 Å². The second kappa shape index (κ2) is 4.91. The third-order valence-electron chi connectivity index (χ3n) is 1.88. The minimum Gasteiger partial charge on any atom is -0.347 e. The van der Waals surface area contributed by atoms with Crippen LogP contribution in [0, 0.1) is 16.7 Å². The molecular weight excluding hydrogens is 190 g/mol. The molecule has 0 atom stereocenters. The van der Waals surface area contributed by atoms with Crippen LogP contribution in [-0.2, 0) is 11.3 Å². The van der Waals surface area contributed by atoms with E-state index < -0.39 is 0 Å². The molecule has 0 aliphatic rings. The lowest BCUT2D eigenvalue weighted by molar-refractivity contribution is -0.115. The predicted molar refractivity (Wildman–Crippen MR) is 56.4 cm³/mol. The molecule has 0 aliphatic carbocycles. The molecule has 1 rings (SSSR count). The van der Waals surface area contributed by atoms with Crippen molar-refractivity contribution in [3.63, 3.8) is 0 Å². The van der Waals surface area contributed by atoms with Crippen molar-refractivity contribution in [3.8, 4) is 6.07 Å². The molecule has 4 nitrogen and oxygen atoms in total. The fourth-order valence-corrected chi connectivity index (χ4v) is 1.01. The fourth-order valence-electron chi connectivity index (χ4n) is 1.01. The van der Waals surface area contributed by atoms with Gasteiger partial charge >= 0.3 is 0 Å². The Labute approximate surface area is 88.0 Å². The van der Waals surface area contributed by atoms with E-state index in [9.17, 15) is 4.79 Å². The zero-order chi connectivity index (χ0) is 11.3. The first-order chi connectivity index (χ1) is 7.13. The summed E-state index contributed by atoms with van der Waals surface area (Å²) in [5, 5.41) is 18.2. The topological polar surface area (TPSA) is 76.7 Å². The average Bonchev–Trinajstić information content (AvgIpc) is 2.26. The Kier molecular flexibility index (Phi) is 3.58. The number of carbonyl (C=O) groups is 1. The van der Waals surface area contributed by atoms with Gasteiger partial charge in [0.1, 0.15) is 0 Å². The number of hydrogen-bond acceptors (Lipinski definition) is 3. The summed E-state index contributed by atoms with van der Waals surface area (Å²) in [6.07, 6.45) is 0. The zero-order valence-corrected chi connectivity index (χ0v) is 8.37. The summed E-state index contributed by atoms with van der Waals surface area (Å²) in [6.45, 7) is 1.81. The van der Waals surface area contributed by atoms with E-state index in [0.717, 1.165) is 5.56 Å². The van der Waals surface area contributed by atoms with Gasteiger partial charge in [-0.2, -0.15) is 5.26 Å². The Morgan fingerprint density at radius 2 is 2.07 bits per heavy atom. The smallest absolute Gasteiger partial charge is 0.264 e. The molecule has 76 valence electrons. The number of hydrogen-bond donors (Lipinski definition) is 2. The molecule has 0 spiro atoms. The Morgan fingerprint density at radius 3 is 2.53 bits per heavy atom. The molecule has 0 saturated heterocycles. The molecule has 2 N–H and O–H groups in total. The van der Waals surface area contributed by atoms with E-state index in [2.05, 4.69) is 5.32 Å². The van der Waals surface area contributed by atoms with Crippen molar-refractivity contribution in [2.24, 2.45) is 0 Å². The molecule has 0 bridgehead atoms. The molecule has 1 amide bonds. The molecule has 4 heteroatoms. The van der Waals surface area contributed by atoms with Crippen molar-refractivity contribution in [2.75, 3.05) is 0 Å². The van der Waals surface area contributed by atoms with Gasteiger partial charge in [0.25, 0.3) is 5.91 Å². The first kappa shape index (κ1) is 10.9. The summed E-state index contributed by atoms with van der Waals surface area (Å²) >= 11 is 0. The number of nitrogens with one attached hydrogen (secondary N) is 2. The van der Waals surface area contributed by atoms with E-state index in [1.165, 1.54) is 6.92 Å². The summed E-state index contributed by atoms with van der Waals surface area (Å²) in [7, 11) is 0. The molecule has 0 saturated carbocycles. The summed E-state index contributed by atoms with van der Waals surface area (Å²) in [4.78, 5) is 11.1. The predicted octanol–water partition coefficient (Wildman–Crippen LogP) is 1.21. The van der Waals surface area contributed by atoms with Crippen molar-refractivity contribution in [2.45, 2.75) is 13.5 Å². The number of rotatable bonds is 3. The van der Waals surface area contributed by atoms with Crippen molar-refractivity contribution >= 4 is 11.6 Å². The van der Waals surface area contributed by atoms with Crippen LogP contribution < -0.4 is 5.32 Å². The highest BCUT2D eigenvalue weighted by Gasteiger charge is 2.02. The first-order valence-corrected chi connectivity index (χ1v) is 4.46. The number of nitrogens with zero attached hydrogens (tertiary/aromatic N) is 1. The second-order valence-electron chi connectivity index (χ2n) is 3.12. The van der Waals surface area contributed by atoms with Crippen LogP contribution in [0.15, 0.2) is 24.3 Å². The molecule has 0 aromatic heterocycles. The van der Waals surface area contributed by atoms with Gasteiger partial charge in [-0.1, -0.05) is 12.1 Å². The van der Waals surface area contributed by atoms with Gasteiger partial charge in [0.05, 0.1) is 17.3 Å². The van der Waals surface area contributed by atoms with Crippen molar-refractivity contribution in [3.05, 3.63) is 35.4 Å². The van der Waals surface area contributed by atoms with E-state index in [0.29, 0.717) is 12.1 Å². The van der Waals surface area contributed by atoms with Crippen LogP contribution in [-0.4, -0.2) is 11.6 Å².